The van der Waals surface area contributed by atoms with Crippen LogP contribution in [0.1, 0.15) is 33.3 Å². The maximum atomic E-state index is 4.67. The number of hydrogen-bond donors (Lipinski definition) is 2. The molecule has 22 heavy (non-hydrogen) atoms. The molecule has 0 aliphatic rings. The third-order valence-electron chi connectivity index (χ3n) is 3.20. The van der Waals surface area contributed by atoms with Crippen LogP contribution in [-0.4, -0.2) is 29.6 Å². The third-order valence-corrected chi connectivity index (χ3v) is 3.20. The number of hydrogen-bond acceptors (Lipinski definition) is 2. The number of rotatable bonds is 4. The second-order valence-corrected chi connectivity index (χ2v) is 6.38. The molecule has 0 saturated heterocycles. The summed E-state index contributed by atoms with van der Waals surface area (Å²) in [4.78, 5) is 9.16. The van der Waals surface area contributed by atoms with Crippen molar-refractivity contribution in [2.45, 2.75) is 39.7 Å². The van der Waals surface area contributed by atoms with Crippen molar-refractivity contribution in [1.82, 2.24) is 15.6 Å². The van der Waals surface area contributed by atoms with Crippen LogP contribution in [-0.2, 0) is 6.42 Å². The van der Waals surface area contributed by atoms with Crippen LogP contribution in [0.3, 0.4) is 0 Å². The average molecular weight is 298 g/mol. The Morgan fingerprint density at radius 1 is 1.18 bits per heavy atom. The van der Waals surface area contributed by atoms with Gasteiger partial charge in [-0.1, -0.05) is 24.3 Å². The SMILES string of the molecule is CCNC(=NCCc1cccc2cccnc12)NC(C)(C)C. The quantitative estimate of drug-likeness (QED) is 0.673. The fraction of sp³-hybridized carbons (Fsp3) is 0.444. The van der Waals surface area contributed by atoms with Gasteiger partial charge in [0.25, 0.3) is 0 Å². The Kier molecular flexibility index (Phi) is 5.36. The topological polar surface area (TPSA) is 49.3 Å². The summed E-state index contributed by atoms with van der Waals surface area (Å²) < 4.78 is 0. The van der Waals surface area contributed by atoms with Crippen LogP contribution in [0.4, 0.5) is 0 Å². The minimum absolute atomic E-state index is 0.00199. The predicted octanol–water partition coefficient (Wildman–Crippen LogP) is 3.13. The maximum absolute atomic E-state index is 4.67. The molecule has 1 heterocycles. The zero-order chi connectivity index (χ0) is 16.0. The van der Waals surface area contributed by atoms with Crippen molar-refractivity contribution >= 4 is 16.9 Å². The highest BCUT2D eigenvalue weighted by atomic mass is 15.2. The van der Waals surface area contributed by atoms with Gasteiger partial charge >= 0.3 is 0 Å². The van der Waals surface area contributed by atoms with E-state index in [4.69, 9.17) is 0 Å². The summed E-state index contributed by atoms with van der Waals surface area (Å²) >= 11 is 0. The Hall–Kier alpha value is -2.10. The molecule has 1 aromatic heterocycles. The molecule has 0 atom stereocenters. The first-order chi connectivity index (χ1) is 10.5. The lowest BCUT2D eigenvalue weighted by Gasteiger charge is -2.23. The van der Waals surface area contributed by atoms with Gasteiger partial charge in [-0.25, -0.2) is 0 Å². The van der Waals surface area contributed by atoms with Gasteiger partial charge in [0, 0.05) is 30.2 Å². The highest BCUT2D eigenvalue weighted by molar-refractivity contribution is 5.82. The first-order valence-electron chi connectivity index (χ1n) is 7.89. The standard InChI is InChI=1S/C18H26N4/c1-5-19-17(22-18(2,3)4)21-13-11-15-9-6-8-14-10-7-12-20-16(14)15/h6-10,12H,5,11,13H2,1-4H3,(H2,19,21,22). The van der Waals surface area contributed by atoms with E-state index in [1.165, 1.54) is 10.9 Å². The number of aromatic nitrogens is 1. The lowest BCUT2D eigenvalue weighted by atomic mass is 10.1. The third kappa shape index (κ3) is 4.72. The van der Waals surface area contributed by atoms with Gasteiger partial charge < -0.3 is 10.6 Å². The summed E-state index contributed by atoms with van der Waals surface area (Å²) in [7, 11) is 0. The van der Waals surface area contributed by atoms with Crippen molar-refractivity contribution in [3.05, 3.63) is 42.1 Å². The highest BCUT2D eigenvalue weighted by Crippen LogP contribution is 2.16. The summed E-state index contributed by atoms with van der Waals surface area (Å²) in [6, 6.07) is 10.4. The van der Waals surface area contributed by atoms with Crippen LogP contribution in [0.5, 0.6) is 0 Å². The Morgan fingerprint density at radius 3 is 2.68 bits per heavy atom. The van der Waals surface area contributed by atoms with Gasteiger partial charge in [0.2, 0.25) is 0 Å². The van der Waals surface area contributed by atoms with Gasteiger partial charge in [-0.2, -0.15) is 0 Å². The normalized spacial score (nSPS) is 12.5. The first kappa shape index (κ1) is 16.3. The van der Waals surface area contributed by atoms with E-state index in [1.54, 1.807) is 0 Å². The van der Waals surface area contributed by atoms with Crippen LogP contribution < -0.4 is 10.6 Å². The van der Waals surface area contributed by atoms with E-state index in [0.717, 1.165) is 31.0 Å². The van der Waals surface area contributed by atoms with Crippen LogP contribution in [0.2, 0.25) is 0 Å². The summed E-state index contributed by atoms with van der Waals surface area (Å²) in [5, 5.41) is 7.87. The van der Waals surface area contributed by atoms with Crippen LogP contribution in [0.15, 0.2) is 41.5 Å². The first-order valence-corrected chi connectivity index (χ1v) is 7.89. The molecule has 1 aromatic carbocycles. The molecular formula is C18H26N4. The van der Waals surface area contributed by atoms with E-state index < -0.39 is 0 Å². The average Bonchev–Trinajstić information content (AvgIpc) is 2.46. The summed E-state index contributed by atoms with van der Waals surface area (Å²) in [5.74, 6) is 0.864. The fourth-order valence-electron chi connectivity index (χ4n) is 2.32. The van der Waals surface area contributed by atoms with Crippen molar-refractivity contribution in [3.63, 3.8) is 0 Å². The number of guanidine groups is 1. The molecule has 0 aliphatic carbocycles. The van der Waals surface area contributed by atoms with E-state index in [-0.39, 0.29) is 5.54 Å². The molecule has 2 rings (SSSR count). The van der Waals surface area contributed by atoms with Crippen LogP contribution >= 0.6 is 0 Å². The minimum Gasteiger partial charge on any atom is -0.357 e. The van der Waals surface area contributed by atoms with Gasteiger partial charge in [0.1, 0.15) is 0 Å². The largest absolute Gasteiger partial charge is 0.357 e. The predicted molar refractivity (Wildman–Crippen MR) is 94.3 cm³/mol. The van der Waals surface area contributed by atoms with Gasteiger partial charge in [-0.3, -0.25) is 9.98 Å². The molecular weight excluding hydrogens is 272 g/mol. The Morgan fingerprint density at radius 2 is 1.95 bits per heavy atom. The van der Waals surface area contributed by atoms with E-state index in [0.29, 0.717) is 0 Å². The van der Waals surface area contributed by atoms with E-state index in [1.807, 2.05) is 12.3 Å². The fourth-order valence-corrected chi connectivity index (χ4v) is 2.32. The molecule has 118 valence electrons. The number of aliphatic imine (C=N–C) groups is 1. The van der Waals surface area contributed by atoms with E-state index in [9.17, 15) is 0 Å². The molecule has 0 fully saturated rings. The highest BCUT2D eigenvalue weighted by Gasteiger charge is 2.11. The van der Waals surface area contributed by atoms with Crippen molar-refractivity contribution in [3.8, 4) is 0 Å². The number of nitrogens with one attached hydrogen (secondary N) is 2. The monoisotopic (exact) mass is 298 g/mol. The molecule has 2 N–H and O–H groups in total. The Labute approximate surface area is 133 Å². The molecule has 4 heteroatoms. The van der Waals surface area contributed by atoms with Gasteiger partial charge in [0.05, 0.1) is 5.52 Å². The molecule has 0 spiro atoms. The molecule has 0 bridgehead atoms. The molecule has 0 amide bonds. The number of benzene rings is 1. The Bertz CT molecular complexity index is 636. The van der Waals surface area contributed by atoms with Crippen LogP contribution in [0, 0.1) is 0 Å². The van der Waals surface area contributed by atoms with Crippen molar-refractivity contribution in [1.29, 1.82) is 0 Å². The minimum atomic E-state index is 0.00199. The lowest BCUT2D eigenvalue weighted by Crippen LogP contribution is -2.47. The van der Waals surface area contributed by atoms with Gasteiger partial charge in [-0.15, -0.1) is 0 Å². The van der Waals surface area contributed by atoms with Gasteiger partial charge in [-0.05, 0) is 45.7 Å². The molecule has 2 aromatic rings. The van der Waals surface area contributed by atoms with Crippen molar-refractivity contribution in [2.75, 3.05) is 13.1 Å². The molecule has 0 unspecified atom stereocenters. The number of fused-ring (bicyclic) bond motifs is 1. The van der Waals surface area contributed by atoms with Crippen molar-refractivity contribution in [2.24, 2.45) is 4.99 Å². The zero-order valence-electron chi connectivity index (χ0n) is 14.0. The summed E-state index contributed by atoms with van der Waals surface area (Å²) in [6.45, 7) is 10.1. The maximum Gasteiger partial charge on any atom is 0.191 e. The number of pyridine rings is 1. The van der Waals surface area contributed by atoms with Crippen molar-refractivity contribution < 1.29 is 0 Å². The van der Waals surface area contributed by atoms with Gasteiger partial charge in [0.15, 0.2) is 5.96 Å². The second kappa shape index (κ2) is 7.25. The second-order valence-electron chi connectivity index (χ2n) is 6.38. The number of para-hydroxylation sites is 1. The molecule has 4 nitrogen and oxygen atoms in total. The summed E-state index contributed by atoms with van der Waals surface area (Å²) in [5.41, 5.74) is 2.32. The molecule has 0 radical (unpaired) electrons. The van der Waals surface area contributed by atoms with E-state index in [2.05, 4.69) is 72.6 Å². The van der Waals surface area contributed by atoms with E-state index >= 15 is 0 Å². The zero-order valence-corrected chi connectivity index (χ0v) is 14.0. The molecule has 0 saturated carbocycles. The Balaban J connectivity index is 2.08. The van der Waals surface area contributed by atoms with Crippen LogP contribution in [0.25, 0.3) is 10.9 Å². The lowest BCUT2D eigenvalue weighted by molar-refractivity contribution is 0.501. The summed E-state index contributed by atoms with van der Waals surface area (Å²) in [6.07, 6.45) is 2.73. The number of nitrogens with zero attached hydrogens (tertiary/aromatic N) is 2. The molecule has 0 aliphatic heterocycles. The smallest absolute Gasteiger partial charge is 0.191 e.